The van der Waals surface area contributed by atoms with E-state index in [9.17, 15) is 14.7 Å². The third-order valence-electron chi connectivity index (χ3n) is 5.60. The molecule has 6 heteroatoms. The summed E-state index contributed by atoms with van der Waals surface area (Å²) >= 11 is 6.52. The molecule has 5 nitrogen and oxygen atoms in total. The van der Waals surface area contributed by atoms with Crippen molar-refractivity contribution in [2.45, 2.75) is 46.6 Å². The fraction of sp³-hybridized carbons (Fsp3) is 0.308. The second kappa shape index (κ2) is 8.14. The van der Waals surface area contributed by atoms with Gasteiger partial charge in [0, 0.05) is 17.5 Å². The largest absolute Gasteiger partial charge is 0.491 e. The Balaban J connectivity index is 1.89. The van der Waals surface area contributed by atoms with E-state index in [2.05, 4.69) is 13.8 Å². The Morgan fingerprint density at radius 2 is 1.81 bits per heavy atom. The molecular formula is C26H26ClNO4. The molecule has 3 aromatic rings. The normalized spacial score (nSPS) is 15.8. The lowest BCUT2D eigenvalue weighted by molar-refractivity contribution is -0.116. The predicted octanol–water partition coefficient (Wildman–Crippen LogP) is 6.54. The SMILES string of the molecule is CC(C)Oc1ccc(-n2c(C(=O)O)c(Cl)c3ccc(C4=CC(=O)CC(C)(C)C4)cc32)cc1. The van der Waals surface area contributed by atoms with Crippen molar-refractivity contribution in [3.8, 4) is 11.4 Å². The van der Waals surface area contributed by atoms with Crippen LogP contribution in [0.15, 0.2) is 48.5 Å². The molecule has 0 amide bonds. The number of fused-ring (bicyclic) bond motifs is 1. The van der Waals surface area contributed by atoms with Crippen molar-refractivity contribution in [2.75, 3.05) is 0 Å². The van der Waals surface area contributed by atoms with Gasteiger partial charge in [-0.3, -0.25) is 4.79 Å². The van der Waals surface area contributed by atoms with E-state index < -0.39 is 5.97 Å². The molecule has 1 heterocycles. The molecule has 1 aromatic heterocycles. The Hall–Kier alpha value is -3.05. The highest BCUT2D eigenvalue weighted by Gasteiger charge is 2.29. The molecule has 0 spiro atoms. The van der Waals surface area contributed by atoms with Gasteiger partial charge in [0.15, 0.2) is 11.5 Å². The summed E-state index contributed by atoms with van der Waals surface area (Å²) in [6.07, 6.45) is 3.04. The van der Waals surface area contributed by atoms with Gasteiger partial charge < -0.3 is 14.4 Å². The molecule has 2 aromatic carbocycles. The zero-order valence-electron chi connectivity index (χ0n) is 18.6. The first-order chi connectivity index (χ1) is 15.1. The number of nitrogens with zero attached hydrogens (tertiary/aromatic N) is 1. The van der Waals surface area contributed by atoms with Crippen LogP contribution in [0.1, 0.15) is 56.6 Å². The molecule has 166 valence electrons. The van der Waals surface area contributed by atoms with Crippen LogP contribution >= 0.6 is 11.6 Å². The Kier molecular flexibility index (Phi) is 5.63. The van der Waals surface area contributed by atoms with Crippen molar-refractivity contribution >= 4 is 39.8 Å². The van der Waals surface area contributed by atoms with Gasteiger partial charge in [0.05, 0.1) is 16.6 Å². The smallest absolute Gasteiger partial charge is 0.354 e. The van der Waals surface area contributed by atoms with E-state index in [1.807, 2.05) is 56.3 Å². The Morgan fingerprint density at radius 3 is 2.41 bits per heavy atom. The van der Waals surface area contributed by atoms with Gasteiger partial charge in [0.2, 0.25) is 0 Å². The number of carboxylic acid groups (broad SMARTS) is 1. The van der Waals surface area contributed by atoms with Crippen LogP contribution in [-0.2, 0) is 4.79 Å². The van der Waals surface area contributed by atoms with Crippen LogP contribution in [0, 0.1) is 5.41 Å². The lowest BCUT2D eigenvalue weighted by atomic mass is 9.75. The van der Waals surface area contributed by atoms with Crippen LogP contribution in [0.5, 0.6) is 5.75 Å². The van der Waals surface area contributed by atoms with Gasteiger partial charge in [0.25, 0.3) is 0 Å². The van der Waals surface area contributed by atoms with Crippen molar-refractivity contribution in [3.05, 3.63) is 64.8 Å². The molecule has 0 fully saturated rings. The summed E-state index contributed by atoms with van der Waals surface area (Å²) in [6, 6.07) is 12.9. The monoisotopic (exact) mass is 451 g/mol. The number of allylic oxidation sites excluding steroid dienone is 2. The number of aromatic carboxylic acids is 1. The molecule has 1 aliphatic carbocycles. The van der Waals surface area contributed by atoms with E-state index in [4.69, 9.17) is 16.3 Å². The highest BCUT2D eigenvalue weighted by atomic mass is 35.5. The number of carbonyl (C=O) groups excluding carboxylic acids is 1. The zero-order valence-corrected chi connectivity index (χ0v) is 19.4. The minimum Gasteiger partial charge on any atom is -0.491 e. The number of carboxylic acids is 1. The minimum atomic E-state index is -1.11. The maximum Gasteiger partial charge on any atom is 0.354 e. The number of halogens is 1. The summed E-state index contributed by atoms with van der Waals surface area (Å²) in [5, 5.41) is 10.8. The van der Waals surface area contributed by atoms with Crippen LogP contribution in [0.25, 0.3) is 22.2 Å². The maximum atomic E-state index is 12.3. The Morgan fingerprint density at radius 1 is 1.12 bits per heavy atom. The first-order valence-electron chi connectivity index (χ1n) is 10.6. The van der Waals surface area contributed by atoms with Crippen LogP contribution in [-0.4, -0.2) is 27.5 Å². The third kappa shape index (κ3) is 4.17. The van der Waals surface area contributed by atoms with Gasteiger partial charge in [0.1, 0.15) is 5.75 Å². The zero-order chi connectivity index (χ0) is 23.2. The van der Waals surface area contributed by atoms with Gasteiger partial charge in [-0.15, -0.1) is 0 Å². The first-order valence-corrected chi connectivity index (χ1v) is 11.0. The van der Waals surface area contributed by atoms with Crippen molar-refractivity contribution in [1.82, 2.24) is 4.57 Å². The molecule has 0 bridgehead atoms. The lowest BCUT2D eigenvalue weighted by Gasteiger charge is -2.29. The number of aromatic nitrogens is 1. The molecule has 32 heavy (non-hydrogen) atoms. The van der Waals surface area contributed by atoms with Crippen molar-refractivity contribution in [3.63, 3.8) is 0 Å². The van der Waals surface area contributed by atoms with Crippen LogP contribution in [0.2, 0.25) is 5.02 Å². The second-order valence-electron chi connectivity index (χ2n) is 9.35. The van der Waals surface area contributed by atoms with Gasteiger partial charge in [-0.25, -0.2) is 4.79 Å². The molecule has 0 saturated carbocycles. The maximum absolute atomic E-state index is 12.3. The van der Waals surface area contributed by atoms with Gasteiger partial charge in [-0.1, -0.05) is 37.6 Å². The van der Waals surface area contributed by atoms with Crippen LogP contribution < -0.4 is 4.74 Å². The number of hydrogen-bond donors (Lipinski definition) is 1. The van der Waals surface area contributed by atoms with Crippen molar-refractivity contribution in [1.29, 1.82) is 0 Å². The molecule has 1 N–H and O–H groups in total. The summed E-state index contributed by atoms with van der Waals surface area (Å²) < 4.78 is 7.36. The van der Waals surface area contributed by atoms with E-state index in [1.54, 1.807) is 10.6 Å². The fourth-order valence-corrected chi connectivity index (χ4v) is 4.71. The predicted molar refractivity (Wildman–Crippen MR) is 127 cm³/mol. The Bertz CT molecular complexity index is 1250. The highest BCUT2D eigenvalue weighted by Crippen LogP contribution is 2.40. The van der Waals surface area contributed by atoms with E-state index >= 15 is 0 Å². The Labute approximate surface area is 192 Å². The quantitative estimate of drug-likeness (QED) is 0.478. The number of hydrogen-bond acceptors (Lipinski definition) is 3. The summed E-state index contributed by atoms with van der Waals surface area (Å²) in [5.74, 6) is -0.294. The molecule has 0 atom stereocenters. The average Bonchev–Trinajstić information content (AvgIpc) is 2.99. The number of ether oxygens (including phenoxy) is 1. The number of rotatable bonds is 5. The number of ketones is 1. The third-order valence-corrected chi connectivity index (χ3v) is 5.99. The van der Waals surface area contributed by atoms with E-state index in [0.717, 1.165) is 17.6 Å². The molecule has 4 rings (SSSR count). The lowest BCUT2D eigenvalue weighted by Crippen LogP contribution is -2.21. The average molecular weight is 452 g/mol. The standard InChI is InChI=1S/C26H26ClNO4/c1-15(2)32-20-8-6-18(7-9-20)28-22-12-16(17-11-19(29)14-26(3,4)13-17)5-10-21(22)23(27)24(28)25(30)31/h5-12,15H,13-14H2,1-4H3,(H,30,31). The van der Waals surface area contributed by atoms with Crippen LogP contribution in [0.3, 0.4) is 0 Å². The van der Waals surface area contributed by atoms with E-state index in [-0.39, 0.29) is 28.0 Å². The summed E-state index contributed by atoms with van der Waals surface area (Å²) in [5.41, 5.74) is 3.08. The summed E-state index contributed by atoms with van der Waals surface area (Å²) in [6.45, 7) is 8.06. The topological polar surface area (TPSA) is 68.5 Å². The highest BCUT2D eigenvalue weighted by molar-refractivity contribution is 6.38. The van der Waals surface area contributed by atoms with Crippen molar-refractivity contribution < 1.29 is 19.4 Å². The number of carbonyl (C=O) groups is 2. The fourth-order valence-electron chi connectivity index (χ4n) is 4.38. The van der Waals surface area contributed by atoms with Crippen molar-refractivity contribution in [2.24, 2.45) is 5.41 Å². The summed E-state index contributed by atoms with van der Waals surface area (Å²) in [7, 11) is 0. The molecule has 0 radical (unpaired) electrons. The van der Waals surface area contributed by atoms with Gasteiger partial charge in [-0.2, -0.15) is 0 Å². The molecule has 0 saturated heterocycles. The van der Waals surface area contributed by atoms with Crippen LogP contribution in [0.4, 0.5) is 0 Å². The van der Waals surface area contributed by atoms with E-state index in [0.29, 0.717) is 28.8 Å². The molecular weight excluding hydrogens is 426 g/mol. The molecule has 0 unspecified atom stereocenters. The first kappa shape index (κ1) is 22.2. The minimum absolute atomic E-state index is 0.00498. The van der Waals surface area contributed by atoms with E-state index in [1.165, 1.54) is 0 Å². The number of benzene rings is 2. The molecule has 1 aliphatic rings. The van der Waals surface area contributed by atoms with Gasteiger partial charge in [-0.05, 0) is 73.2 Å². The van der Waals surface area contributed by atoms with Gasteiger partial charge >= 0.3 is 5.97 Å². The molecule has 0 aliphatic heterocycles. The second-order valence-corrected chi connectivity index (χ2v) is 9.73. The summed E-state index contributed by atoms with van der Waals surface area (Å²) in [4.78, 5) is 24.4.